The molecule has 4 nitrogen and oxygen atoms in total. The number of pyridine rings is 1. The third-order valence-corrected chi connectivity index (χ3v) is 4.65. The summed E-state index contributed by atoms with van der Waals surface area (Å²) in [7, 11) is 0. The van der Waals surface area contributed by atoms with Crippen molar-refractivity contribution in [3.8, 4) is 0 Å². The highest BCUT2D eigenvalue weighted by Crippen LogP contribution is 2.28. The lowest BCUT2D eigenvalue weighted by Gasteiger charge is -2.21. The van der Waals surface area contributed by atoms with E-state index in [2.05, 4.69) is 22.5 Å². The monoisotopic (exact) mass is 286 g/mol. The van der Waals surface area contributed by atoms with Crippen LogP contribution in [-0.4, -0.2) is 21.1 Å². The highest BCUT2D eigenvalue weighted by atomic mass is 15.1. The number of nitrogens with two attached hydrogens (primary N) is 1. The second kappa shape index (κ2) is 6.56. The van der Waals surface area contributed by atoms with Gasteiger partial charge in [-0.15, -0.1) is 0 Å². The van der Waals surface area contributed by atoms with Crippen molar-refractivity contribution in [1.29, 1.82) is 0 Å². The number of nitrogens with zero attached hydrogens (tertiary/aromatic N) is 3. The van der Waals surface area contributed by atoms with Crippen molar-refractivity contribution in [3.05, 3.63) is 23.7 Å². The summed E-state index contributed by atoms with van der Waals surface area (Å²) < 4.78 is 2.22. The zero-order valence-corrected chi connectivity index (χ0v) is 13.0. The van der Waals surface area contributed by atoms with E-state index >= 15 is 0 Å². The minimum Gasteiger partial charge on any atom is -0.329 e. The zero-order chi connectivity index (χ0) is 14.7. The fraction of sp³-hybridized carbons (Fsp3) is 0.647. The number of fused-ring (bicyclic) bond motifs is 1. The molecule has 114 valence electrons. The maximum absolute atomic E-state index is 5.77. The average Bonchev–Trinajstić information content (AvgIpc) is 2.84. The Morgan fingerprint density at radius 3 is 2.86 bits per heavy atom. The largest absolute Gasteiger partial charge is 0.329 e. The molecule has 1 saturated carbocycles. The molecule has 0 unspecified atom stereocenters. The first kappa shape index (κ1) is 14.5. The fourth-order valence-corrected chi connectivity index (χ4v) is 3.52. The first-order valence-electron chi connectivity index (χ1n) is 8.30. The highest BCUT2D eigenvalue weighted by Gasteiger charge is 2.16. The third kappa shape index (κ3) is 3.26. The van der Waals surface area contributed by atoms with Crippen molar-refractivity contribution in [2.45, 2.75) is 58.4 Å². The molecule has 21 heavy (non-hydrogen) atoms. The Balaban J connectivity index is 1.80. The van der Waals surface area contributed by atoms with E-state index in [4.69, 9.17) is 10.7 Å². The molecular formula is C17H26N4. The summed E-state index contributed by atoms with van der Waals surface area (Å²) in [5.41, 5.74) is 8.94. The molecule has 4 heteroatoms. The molecular weight excluding hydrogens is 260 g/mol. The Morgan fingerprint density at radius 1 is 1.29 bits per heavy atom. The van der Waals surface area contributed by atoms with Crippen molar-refractivity contribution >= 4 is 11.2 Å². The summed E-state index contributed by atoms with van der Waals surface area (Å²) in [4.78, 5) is 9.38. The summed E-state index contributed by atoms with van der Waals surface area (Å²) in [5, 5.41) is 0. The molecule has 2 aromatic heterocycles. The Bertz CT molecular complexity index is 596. The second-order valence-electron chi connectivity index (χ2n) is 6.37. The molecule has 0 amide bonds. The maximum Gasteiger partial charge on any atom is 0.160 e. The van der Waals surface area contributed by atoms with Gasteiger partial charge in [0, 0.05) is 25.7 Å². The van der Waals surface area contributed by atoms with Crippen LogP contribution in [0.3, 0.4) is 0 Å². The molecule has 2 heterocycles. The normalized spacial score (nSPS) is 16.7. The van der Waals surface area contributed by atoms with E-state index in [1.165, 1.54) is 49.9 Å². The molecule has 0 atom stereocenters. The maximum atomic E-state index is 5.77. The van der Waals surface area contributed by atoms with Gasteiger partial charge in [0.2, 0.25) is 0 Å². The third-order valence-electron chi connectivity index (χ3n) is 4.65. The molecule has 0 aliphatic heterocycles. The van der Waals surface area contributed by atoms with Crippen LogP contribution in [0.4, 0.5) is 0 Å². The first-order chi connectivity index (χ1) is 10.3. The second-order valence-corrected chi connectivity index (χ2v) is 6.37. The number of hydrogen-bond donors (Lipinski definition) is 1. The minimum atomic E-state index is 0.636. The van der Waals surface area contributed by atoms with Gasteiger partial charge in [0.15, 0.2) is 5.65 Å². The molecule has 0 spiro atoms. The van der Waals surface area contributed by atoms with Crippen molar-refractivity contribution in [1.82, 2.24) is 14.5 Å². The van der Waals surface area contributed by atoms with E-state index in [-0.39, 0.29) is 0 Å². The number of imidazole rings is 1. The molecule has 1 fully saturated rings. The molecule has 0 bridgehead atoms. The van der Waals surface area contributed by atoms with Gasteiger partial charge in [0.25, 0.3) is 0 Å². The summed E-state index contributed by atoms with van der Waals surface area (Å²) in [6.07, 6.45) is 11.3. The van der Waals surface area contributed by atoms with E-state index in [1.807, 2.05) is 6.20 Å². The average molecular weight is 286 g/mol. The Kier molecular flexibility index (Phi) is 4.54. The first-order valence-corrected chi connectivity index (χ1v) is 8.30. The molecule has 0 saturated heterocycles. The van der Waals surface area contributed by atoms with Crippen LogP contribution in [0.5, 0.6) is 0 Å². The summed E-state index contributed by atoms with van der Waals surface area (Å²) >= 11 is 0. The predicted octanol–water partition coefficient (Wildman–Crippen LogP) is 3.21. The van der Waals surface area contributed by atoms with Crippen LogP contribution in [-0.2, 0) is 13.0 Å². The number of aryl methyl sites for hydroxylation is 2. The number of hydrogen-bond acceptors (Lipinski definition) is 3. The lowest BCUT2D eigenvalue weighted by atomic mass is 9.86. The van der Waals surface area contributed by atoms with Crippen LogP contribution < -0.4 is 5.73 Å². The van der Waals surface area contributed by atoms with Crippen LogP contribution in [0, 0.1) is 12.8 Å². The Labute approximate surface area is 126 Å². The van der Waals surface area contributed by atoms with Gasteiger partial charge in [-0.25, -0.2) is 9.97 Å². The standard InChI is InChI=1S/C17H26N4/c1-13-11-15-17(19-12-13)21(10-9-18)16(20-15)8-7-14-5-3-2-4-6-14/h11-12,14H,2-10,18H2,1H3. The lowest BCUT2D eigenvalue weighted by molar-refractivity contribution is 0.336. The van der Waals surface area contributed by atoms with Gasteiger partial charge in [-0.3, -0.25) is 0 Å². The lowest BCUT2D eigenvalue weighted by Crippen LogP contribution is -2.14. The van der Waals surface area contributed by atoms with Crippen LogP contribution in [0.1, 0.15) is 49.9 Å². The van der Waals surface area contributed by atoms with E-state index in [1.54, 1.807) is 0 Å². The minimum absolute atomic E-state index is 0.636. The van der Waals surface area contributed by atoms with E-state index in [0.29, 0.717) is 6.54 Å². The molecule has 1 aliphatic rings. The van der Waals surface area contributed by atoms with Gasteiger partial charge in [-0.05, 0) is 30.9 Å². The number of aromatic nitrogens is 3. The van der Waals surface area contributed by atoms with Gasteiger partial charge < -0.3 is 10.3 Å². The molecule has 3 rings (SSSR count). The van der Waals surface area contributed by atoms with Crippen molar-refractivity contribution in [2.24, 2.45) is 11.7 Å². The zero-order valence-electron chi connectivity index (χ0n) is 13.0. The van der Waals surface area contributed by atoms with Crippen molar-refractivity contribution in [3.63, 3.8) is 0 Å². The number of rotatable bonds is 5. The Hall–Kier alpha value is -1.42. The topological polar surface area (TPSA) is 56.7 Å². The summed E-state index contributed by atoms with van der Waals surface area (Å²) in [6, 6.07) is 2.12. The van der Waals surface area contributed by atoms with Crippen LogP contribution in [0.2, 0.25) is 0 Å². The quantitative estimate of drug-likeness (QED) is 0.918. The smallest absolute Gasteiger partial charge is 0.160 e. The summed E-state index contributed by atoms with van der Waals surface area (Å²) in [5.74, 6) is 2.05. The van der Waals surface area contributed by atoms with E-state index < -0.39 is 0 Å². The molecule has 2 N–H and O–H groups in total. The van der Waals surface area contributed by atoms with Gasteiger partial charge >= 0.3 is 0 Å². The molecule has 0 radical (unpaired) electrons. The van der Waals surface area contributed by atoms with Gasteiger partial charge in [0.1, 0.15) is 11.3 Å². The predicted molar refractivity (Wildman–Crippen MR) is 86.2 cm³/mol. The van der Waals surface area contributed by atoms with Crippen molar-refractivity contribution < 1.29 is 0 Å². The fourth-order valence-electron chi connectivity index (χ4n) is 3.52. The summed E-state index contributed by atoms with van der Waals surface area (Å²) in [6.45, 7) is 3.51. The van der Waals surface area contributed by atoms with E-state index in [9.17, 15) is 0 Å². The SMILES string of the molecule is Cc1cnc2c(c1)nc(CCC1CCCCC1)n2CCN. The molecule has 2 aromatic rings. The Morgan fingerprint density at radius 2 is 2.10 bits per heavy atom. The van der Waals surface area contributed by atoms with Gasteiger partial charge in [0.05, 0.1) is 0 Å². The molecule has 0 aromatic carbocycles. The van der Waals surface area contributed by atoms with Gasteiger partial charge in [-0.1, -0.05) is 32.1 Å². The van der Waals surface area contributed by atoms with Crippen molar-refractivity contribution in [2.75, 3.05) is 6.54 Å². The van der Waals surface area contributed by atoms with Crippen LogP contribution in [0.25, 0.3) is 11.2 Å². The van der Waals surface area contributed by atoms with Crippen LogP contribution >= 0.6 is 0 Å². The van der Waals surface area contributed by atoms with Gasteiger partial charge in [-0.2, -0.15) is 0 Å². The molecule has 1 aliphatic carbocycles. The van der Waals surface area contributed by atoms with Crippen LogP contribution in [0.15, 0.2) is 12.3 Å². The van der Waals surface area contributed by atoms with E-state index in [0.717, 1.165) is 30.0 Å². The highest BCUT2D eigenvalue weighted by molar-refractivity contribution is 5.72.